The van der Waals surface area contributed by atoms with Crippen LogP contribution in [-0.4, -0.2) is 52.7 Å². The predicted octanol–water partition coefficient (Wildman–Crippen LogP) is 0.522. The van der Waals surface area contributed by atoms with E-state index < -0.39 is 24.0 Å². The fraction of sp³-hybridized carbons (Fsp3) is 0.545. The highest BCUT2D eigenvalue weighted by molar-refractivity contribution is 5.83. The molecule has 0 unspecified atom stereocenters. The van der Waals surface area contributed by atoms with Gasteiger partial charge < -0.3 is 20.4 Å². The molecule has 102 valence electrons. The van der Waals surface area contributed by atoms with Crippen LogP contribution in [0.5, 0.6) is 0 Å². The third kappa shape index (κ3) is 6.51. The van der Waals surface area contributed by atoms with E-state index in [1.54, 1.807) is 6.92 Å². The van der Waals surface area contributed by atoms with Gasteiger partial charge in [-0.2, -0.15) is 0 Å². The molecule has 3 N–H and O–H groups in total. The molecule has 0 bridgehead atoms. The highest BCUT2D eigenvalue weighted by Crippen LogP contribution is 2.00. The van der Waals surface area contributed by atoms with Gasteiger partial charge in [0, 0.05) is 20.0 Å². The number of hydrogen-bond donors (Lipinski definition) is 3. The van der Waals surface area contributed by atoms with Crippen LogP contribution in [0.25, 0.3) is 0 Å². The van der Waals surface area contributed by atoms with Crippen LogP contribution in [0.15, 0.2) is 12.2 Å². The Balaban J connectivity index is 4.40. The number of hydrogen-bond acceptors (Lipinski definition) is 3. The quantitative estimate of drug-likeness (QED) is 0.577. The molecule has 7 heteroatoms. The molecule has 7 nitrogen and oxygen atoms in total. The maximum atomic E-state index is 11.6. The van der Waals surface area contributed by atoms with Crippen LogP contribution < -0.4 is 5.32 Å². The first kappa shape index (κ1) is 16.0. The first-order valence-corrected chi connectivity index (χ1v) is 5.34. The number of carbonyl (C=O) groups is 3. The summed E-state index contributed by atoms with van der Waals surface area (Å²) in [5.41, 5.74) is 0.755. The molecule has 0 fully saturated rings. The summed E-state index contributed by atoms with van der Waals surface area (Å²) < 4.78 is 0. The molecule has 2 amide bonds. The van der Waals surface area contributed by atoms with Gasteiger partial charge in [0.2, 0.25) is 0 Å². The van der Waals surface area contributed by atoms with Gasteiger partial charge in [0.1, 0.15) is 6.04 Å². The summed E-state index contributed by atoms with van der Waals surface area (Å²) in [6.07, 6.45) is -0.473. The number of aliphatic carboxylic acids is 2. The zero-order chi connectivity index (χ0) is 14.3. The van der Waals surface area contributed by atoms with E-state index in [0.29, 0.717) is 6.54 Å². The van der Waals surface area contributed by atoms with Crippen molar-refractivity contribution in [3.8, 4) is 0 Å². The lowest BCUT2D eigenvalue weighted by Crippen LogP contribution is -2.47. The van der Waals surface area contributed by atoms with E-state index in [-0.39, 0.29) is 12.8 Å². The van der Waals surface area contributed by atoms with Crippen molar-refractivity contribution in [2.75, 3.05) is 13.6 Å². The molecule has 0 heterocycles. The average molecular weight is 258 g/mol. The van der Waals surface area contributed by atoms with Gasteiger partial charge in [-0.3, -0.25) is 4.79 Å². The second-order valence-electron chi connectivity index (χ2n) is 4.09. The molecule has 0 aromatic carbocycles. The first-order valence-electron chi connectivity index (χ1n) is 5.34. The van der Waals surface area contributed by atoms with Crippen LogP contribution >= 0.6 is 0 Å². The van der Waals surface area contributed by atoms with Crippen molar-refractivity contribution in [2.45, 2.75) is 25.8 Å². The van der Waals surface area contributed by atoms with Crippen LogP contribution in [-0.2, 0) is 9.59 Å². The monoisotopic (exact) mass is 258 g/mol. The fourth-order valence-corrected chi connectivity index (χ4v) is 1.26. The Morgan fingerprint density at radius 1 is 1.33 bits per heavy atom. The number of amides is 2. The second-order valence-corrected chi connectivity index (χ2v) is 4.09. The normalized spacial score (nSPS) is 11.4. The largest absolute Gasteiger partial charge is 0.481 e. The van der Waals surface area contributed by atoms with Crippen LogP contribution in [0.4, 0.5) is 4.79 Å². The van der Waals surface area contributed by atoms with E-state index >= 15 is 0 Å². The molecular weight excluding hydrogens is 240 g/mol. The Morgan fingerprint density at radius 3 is 2.28 bits per heavy atom. The lowest BCUT2D eigenvalue weighted by molar-refractivity contribution is -0.140. The highest BCUT2D eigenvalue weighted by atomic mass is 16.4. The van der Waals surface area contributed by atoms with Crippen molar-refractivity contribution in [1.82, 2.24) is 10.2 Å². The standard InChI is InChI=1S/C11H18N2O5/c1-7(2)6-13(3)11(18)12-8(10(16)17)4-5-9(14)15/h8H,1,4-6H2,2-3H3,(H,12,18)(H,14,15)(H,16,17)/t8-/m0/s1. The Morgan fingerprint density at radius 2 is 1.89 bits per heavy atom. The molecular formula is C11H18N2O5. The van der Waals surface area contributed by atoms with E-state index in [9.17, 15) is 14.4 Å². The summed E-state index contributed by atoms with van der Waals surface area (Å²) in [6, 6.07) is -1.78. The predicted molar refractivity (Wildman–Crippen MR) is 64.3 cm³/mol. The number of likely N-dealkylation sites (N-methyl/N-ethyl adjacent to an activating group) is 1. The van der Waals surface area contributed by atoms with Gasteiger partial charge in [0.15, 0.2) is 0 Å². The lowest BCUT2D eigenvalue weighted by Gasteiger charge is -2.21. The summed E-state index contributed by atoms with van der Waals surface area (Å²) in [5, 5.41) is 19.6. The topological polar surface area (TPSA) is 107 Å². The van der Waals surface area contributed by atoms with Crippen molar-refractivity contribution < 1.29 is 24.6 Å². The molecule has 0 saturated carbocycles. The van der Waals surface area contributed by atoms with E-state index in [0.717, 1.165) is 5.57 Å². The number of carboxylic acid groups (broad SMARTS) is 2. The molecule has 0 aromatic rings. The minimum Gasteiger partial charge on any atom is -0.481 e. The molecule has 0 spiro atoms. The zero-order valence-electron chi connectivity index (χ0n) is 10.5. The molecule has 0 aliphatic heterocycles. The van der Waals surface area contributed by atoms with E-state index in [1.165, 1.54) is 11.9 Å². The maximum absolute atomic E-state index is 11.6. The molecule has 0 aliphatic rings. The smallest absolute Gasteiger partial charge is 0.326 e. The molecule has 0 rings (SSSR count). The fourth-order valence-electron chi connectivity index (χ4n) is 1.26. The summed E-state index contributed by atoms with van der Waals surface area (Å²) in [6.45, 7) is 5.68. The maximum Gasteiger partial charge on any atom is 0.326 e. The number of carboxylic acids is 2. The third-order valence-corrected chi connectivity index (χ3v) is 2.10. The SMILES string of the molecule is C=C(C)CN(C)C(=O)N[C@@H](CCC(=O)O)C(=O)O. The number of rotatable bonds is 7. The zero-order valence-corrected chi connectivity index (χ0v) is 10.5. The number of urea groups is 1. The van der Waals surface area contributed by atoms with Gasteiger partial charge >= 0.3 is 18.0 Å². The second kappa shape index (κ2) is 7.31. The average Bonchev–Trinajstić information content (AvgIpc) is 2.21. The molecule has 0 saturated heterocycles. The van der Waals surface area contributed by atoms with Crippen molar-refractivity contribution >= 4 is 18.0 Å². The van der Waals surface area contributed by atoms with Crippen molar-refractivity contribution in [3.05, 3.63) is 12.2 Å². The van der Waals surface area contributed by atoms with Crippen LogP contribution in [0.1, 0.15) is 19.8 Å². The van der Waals surface area contributed by atoms with Gasteiger partial charge in [-0.25, -0.2) is 9.59 Å². The molecule has 0 aromatic heterocycles. The van der Waals surface area contributed by atoms with E-state index in [2.05, 4.69) is 11.9 Å². The molecule has 0 radical (unpaired) electrons. The van der Waals surface area contributed by atoms with Gasteiger partial charge in [0.05, 0.1) is 0 Å². The van der Waals surface area contributed by atoms with Gasteiger partial charge in [-0.1, -0.05) is 12.2 Å². The number of carbonyl (C=O) groups excluding carboxylic acids is 1. The van der Waals surface area contributed by atoms with Crippen molar-refractivity contribution in [1.29, 1.82) is 0 Å². The Labute approximate surface area is 105 Å². The number of nitrogens with zero attached hydrogens (tertiary/aromatic N) is 1. The lowest BCUT2D eigenvalue weighted by atomic mass is 10.1. The van der Waals surface area contributed by atoms with Gasteiger partial charge in [-0.15, -0.1) is 0 Å². The summed E-state index contributed by atoms with van der Waals surface area (Å²) in [5.74, 6) is -2.36. The Kier molecular flexibility index (Phi) is 6.48. The van der Waals surface area contributed by atoms with Crippen molar-refractivity contribution in [3.63, 3.8) is 0 Å². The van der Waals surface area contributed by atoms with Crippen LogP contribution in [0.2, 0.25) is 0 Å². The molecule has 18 heavy (non-hydrogen) atoms. The molecule has 1 atom stereocenters. The van der Waals surface area contributed by atoms with Crippen molar-refractivity contribution in [2.24, 2.45) is 0 Å². The van der Waals surface area contributed by atoms with E-state index in [1.807, 2.05) is 0 Å². The third-order valence-electron chi connectivity index (χ3n) is 2.10. The first-order chi connectivity index (χ1) is 8.23. The molecule has 0 aliphatic carbocycles. The minimum absolute atomic E-state index is 0.155. The summed E-state index contributed by atoms with van der Waals surface area (Å²) in [4.78, 5) is 34.1. The Hall–Kier alpha value is -2.05. The number of nitrogens with one attached hydrogen (secondary N) is 1. The van der Waals surface area contributed by atoms with E-state index in [4.69, 9.17) is 10.2 Å². The van der Waals surface area contributed by atoms with Crippen LogP contribution in [0.3, 0.4) is 0 Å². The summed E-state index contributed by atoms with van der Waals surface area (Å²) in [7, 11) is 1.50. The minimum atomic E-state index is -1.26. The van der Waals surface area contributed by atoms with Gasteiger partial charge in [-0.05, 0) is 13.3 Å². The van der Waals surface area contributed by atoms with Gasteiger partial charge in [0.25, 0.3) is 0 Å². The van der Waals surface area contributed by atoms with Crippen LogP contribution in [0, 0.1) is 0 Å². The summed E-state index contributed by atoms with van der Waals surface area (Å²) >= 11 is 0. The Bertz CT molecular complexity index is 353. The highest BCUT2D eigenvalue weighted by Gasteiger charge is 2.22.